The molecule has 0 spiro atoms. The Morgan fingerprint density at radius 1 is 1.24 bits per heavy atom. The zero-order chi connectivity index (χ0) is 12.3. The van der Waals surface area contributed by atoms with Crippen LogP contribution in [0.25, 0.3) is 0 Å². The van der Waals surface area contributed by atoms with Crippen molar-refractivity contribution in [3.63, 3.8) is 0 Å². The lowest BCUT2D eigenvalue weighted by atomic mass is 9.82. The molecule has 1 saturated carbocycles. The van der Waals surface area contributed by atoms with Gasteiger partial charge in [0.15, 0.2) is 0 Å². The number of rotatable bonds is 3. The van der Waals surface area contributed by atoms with Crippen molar-refractivity contribution < 1.29 is 0 Å². The number of piperidine rings is 1. The summed E-state index contributed by atoms with van der Waals surface area (Å²) in [5.74, 6) is 1.48. The number of hydrogen-bond acceptors (Lipinski definition) is 2. The van der Waals surface area contributed by atoms with Crippen LogP contribution < -0.4 is 5.73 Å². The highest BCUT2D eigenvalue weighted by molar-refractivity contribution is 7.80. The lowest BCUT2D eigenvalue weighted by Crippen LogP contribution is -2.45. The maximum atomic E-state index is 5.75. The molecule has 0 aromatic rings. The van der Waals surface area contributed by atoms with Gasteiger partial charge in [-0.2, -0.15) is 0 Å². The molecule has 1 aliphatic carbocycles. The number of nitrogens with two attached hydrogens (primary N) is 1. The van der Waals surface area contributed by atoms with Gasteiger partial charge in [-0.1, -0.05) is 38.4 Å². The number of thiocarbonyl (C=S) groups is 1. The maximum absolute atomic E-state index is 5.75. The first-order valence-corrected chi connectivity index (χ1v) is 7.65. The average Bonchev–Trinajstić information content (AvgIpc) is 2.39. The molecule has 2 unspecified atom stereocenters. The van der Waals surface area contributed by atoms with E-state index in [-0.39, 0.29) is 0 Å². The zero-order valence-corrected chi connectivity index (χ0v) is 11.8. The number of likely N-dealkylation sites (tertiary alicyclic amines) is 1. The Labute approximate surface area is 111 Å². The molecule has 98 valence electrons. The molecule has 2 aliphatic rings. The van der Waals surface area contributed by atoms with Crippen molar-refractivity contribution in [1.29, 1.82) is 0 Å². The molecule has 1 aliphatic heterocycles. The molecule has 0 aromatic heterocycles. The van der Waals surface area contributed by atoms with Gasteiger partial charge in [-0.25, -0.2) is 0 Å². The Morgan fingerprint density at radius 2 is 1.94 bits per heavy atom. The van der Waals surface area contributed by atoms with E-state index in [1.807, 2.05) is 0 Å². The monoisotopic (exact) mass is 254 g/mol. The maximum Gasteiger partial charge on any atom is 0.0759 e. The van der Waals surface area contributed by atoms with Gasteiger partial charge in [0.1, 0.15) is 0 Å². The van der Waals surface area contributed by atoms with Gasteiger partial charge < -0.3 is 10.6 Å². The molecule has 17 heavy (non-hydrogen) atoms. The quantitative estimate of drug-likeness (QED) is 0.785. The van der Waals surface area contributed by atoms with E-state index in [1.54, 1.807) is 0 Å². The minimum atomic E-state index is 0.506. The first-order chi connectivity index (χ1) is 8.20. The van der Waals surface area contributed by atoms with Gasteiger partial charge in [0, 0.05) is 12.0 Å². The molecule has 0 radical (unpaired) electrons. The average molecular weight is 254 g/mol. The molecular formula is C14H26N2S. The summed E-state index contributed by atoms with van der Waals surface area (Å²) in [4.78, 5) is 3.44. The molecule has 2 N–H and O–H groups in total. The van der Waals surface area contributed by atoms with Crippen LogP contribution in [0.1, 0.15) is 51.9 Å². The van der Waals surface area contributed by atoms with Crippen LogP contribution in [0.4, 0.5) is 0 Å². The van der Waals surface area contributed by atoms with Gasteiger partial charge in [-0.3, -0.25) is 0 Å². The fourth-order valence-corrected chi connectivity index (χ4v) is 3.75. The van der Waals surface area contributed by atoms with E-state index >= 15 is 0 Å². The Kier molecular flexibility index (Phi) is 4.80. The predicted octanol–water partition coefficient (Wildman–Crippen LogP) is 2.95. The van der Waals surface area contributed by atoms with Crippen LogP contribution in [0.15, 0.2) is 0 Å². The summed E-state index contributed by atoms with van der Waals surface area (Å²) in [5, 5.41) is 0. The first kappa shape index (κ1) is 13.3. The molecule has 0 amide bonds. The zero-order valence-electron chi connectivity index (χ0n) is 11.0. The fourth-order valence-electron chi connectivity index (χ4n) is 3.51. The lowest BCUT2D eigenvalue weighted by Gasteiger charge is -2.41. The van der Waals surface area contributed by atoms with Crippen LogP contribution in [0.5, 0.6) is 0 Å². The molecule has 2 nitrogen and oxygen atoms in total. The van der Waals surface area contributed by atoms with Gasteiger partial charge in [-0.15, -0.1) is 0 Å². The van der Waals surface area contributed by atoms with Crippen LogP contribution in [0.2, 0.25) is 0 Å². The Balaban J connectivity index is 1.81. The third-order valence-electron chi connectivity index (χ3n) is 4.78. The van der Waals surface area contributed by atoms with Crippen LogP contribution >= 0.6 is 12.2 Å². The second-order valence-electron chi connectivity index (χ2n) is 5.81. The highest BCUT2D eigenvalue weighted by Gasteiger charge is 2.29. The Morgan fingerprint density at radius 3 is 2.53 bits per heavy atom. The topological polar surface area (TPSA) is 29.3 Å². The van der Waals surface area contributed by atoms with Crippen molar-refractivity contribution in [2.75, 3.05) is 13.1 Å². The summed E-state index contributed by atoms with van der Waals surface area (Å²) in [7, 11) is 0. The van der Waals surface area contributed by atoms with Gasteiger partial charge in [0.25, 0.3) is 0 Å². The van der Waals surface area contributed by atoms with Crippen LogP contribution in [0.3, 0.4) is 0 Å². The summed E-state index contributed by atoms with van der Waals surface area (Å²) >= 11 is 5.11. The molecule has 2 rings (SSSR count). The van der Waals surface area contributed by atoms with Crippen LogP contribution in [0, 0.1) is 11.8 Å². The van der Waals surface area contributed by atoms with Crippen molar-refractivity contribution in [2.45, 2.75) is 57.9 Å². The van der Waals surface area contributed by atoms with E-state index in [0.29, 0.717) is 5.92 Å². The van der Waals surface area contributed by atoms with E-state index in [1.165, 1.54) is 58.0 Å². The van der Waals surface area contributed by atoms with Crippen LogP contribution in [-0.2, 0) is 0 Å². The van der Waals surface area contributed by atoms with Gasteiger partial charge in [-0.05, 0) is 44.7 Å². The van der Waals surface area contributed by atoms with Crippen molar-refractivity contribution >= 4 is 17.2 Å². The molecule has 2 atom stereocenters. The van der Waals surface area contributed by atoms with Gasteiger partial charge in [0.2, 0.25) is 0 Å². The van der Waals surface area contributed by atoms with E-state index in [0.717, 1.165) is 16.9 Å². The fraction of sp³-hybridized carbons (Fsp3) is 0.929. The van der Waals surface area contributed by atoms with E-state index in [4.69, 9.17) is 18.0 Å². The molecule has 1 saturated heterocycles. The van der Waals surface area contributed by atoms with Crippen LogP contribution in [-0.4, -0.2) is 29.0 Å². The Bertz CT molecular complexity index is 259. The molecule has 0 bridgehead atoms. The Hall–Kier alpha value is -0.150. The van der Waals surface area contributed by atoms with Gasteiger partial charge >= 0.3 is 0 Å². The predicted molar refractivity (Wildman–Crippen MR) is 77.1 cm³/mol. The van der Waals surface area contributed by atoms with Crippen molar-refractivity contribution in [2.24, 2.45) is 17.6 Å². The largest absolute Gasteiger partial charge is 0.393 e. The highest BCUT2D eigenvalue weighted by Crippen LogP contribution is 2.31. The summed E-state index contributed by atoms with van der Waals surface area (Å²) in [5.41, 5.74) is 5.75. The third-order valence-corrected chi connectivity index (χ3v) is 5.11. The molecule has 0 aromatic carbocycles. The SMILES string of the molecule is CCC1CCCC(N2CCC(C(N)=S)CC2)C1. The second kappa shape index (κ2) is 6.14. The molecule has 2 fully saturated rings. The summed E-state index contributed by atoms with van der Waals surface area (Å²) in [6.07, 6.45) is 9.45. The van der Waals surface area contributed by atoms with E-state index < -0.39 is 0 Å². The minimum Gasteiger partial charge on any atom is -0.393 e. The summed E-state index contributed by atoms with van der Waals surface area (Å²) in [6, 6.07) is 0.848. The smallest absolute Gasteiger partial charge is 0.0759 e. The lowest BCUT2D eigenvalue weighted by molar-refractivity contribution is 0.0995. The first-order valence-electron chi connectivity index (χ1n) is 7.24. The normalized spacial score (nSPS) is 32.5. The van der Waals surface area contributed by atoms with E-state index in [2.05, 4.69) is 11.8 Å². The van der Waals surface area contributed by atoms with Crippen molar-refractivity contribution in [3.05, 3.63) is 0 Å². The highest BCUT2D eigenvalue weighted by atomic mass is 32.1. The summed E-state index contributed by atoms with van der Waals surface area (Å²) in [6.45, 7) is 4.76. The van der Waals surface area contributed by atoms with Crippen molar-refractivity contribution in [3.8, 4) is 0 Å². The minimum absolute atomic E-state index is 0.506. The van der Waals surface area contributed by atoms with Crippen molar-refractivity contribution in [1.82, 2.24) is 4.90 Å². The standard InChI is InChI=1S/C14H26N2S/c1-2-11-4-3-5-13(10-11)16-8-6-12(7-9-16)14(15)17/h11-13H,2-10H2,1H3,(H2,15,17). The molecular weight excluding hydrogens is 228 g/mol. The molecule has 3 heteroatoms. The van der Waals surface area contributed by atoms with E-state index in [9.17, 15) is 0 Å². The number of hydrogen-bond donors (Lipinski definition) is 1. The molecule has 1 heterocycles. The summed E-state index contributed by atoms with van der Waals surface area (Å²) < 4.78 is 0. The second-order valence-corrected chi connectivity index (χ2v) is 6.28. The number of nitrogens with zero attached hydrogens (tertiary/aromatic N) is 1. The third kappa shape index (κ3) is 3.41. The van der Waals surface area contributed by atoms with Gasteiger partial charge in [0.05, 0.1) is 4.99 Å².